The van der Waals surface area contributed by atoms with Crippen LogP contribution in [0, 0.1) is 11.8 Å². The molecule has 2 nitrogen and oxygen atoms in total. The van der Waals surface area contributed by atoms with E-state index in [-0.39, 0.29) is 6.29 Å². The molecule has 0 aliphatic heterocycles. The van der Waals surface area contributed by atoms with Crippen LogP contribution in [0.5, 0.6) is 0 Å². The molecule has 0 unspecified atom stereocenters. The third kappa shape index (κ3) is 4.82. The molecule has 0 amide bonds. The second-order valence-electron chi connectivity index (χ2n) is 3.40. The lowest BCUT2D eigenvalue weighted by Crippen LogP contribution is -2.02. The van der Waals surface area contributed by atoms with Crippen LogP contribution in [-0.4, -0.2) is 20.0 Å². The van der Waals surface area contributed by atoms with Crippen LogP contribution in [0.25, 0.3) is 0 Å². The van der Waals surface area contributed by atoms with Crippen molar-refractivity contribution in [1.29, 1.82) is 0 Å². The Balaban J connectivity index is 2.51. The third-order valence-corrected chi connectivity index (χ3v) is 3.27. The smallest absolute Gasteiger partial charge is 0.183 e. The molecule has 0 spiro atoms. The van der Waals surface area contributed by atoms with Gasteiger partial charge in [0.15, 0.2) is 6.29 Å². The molecule has 0 heterocycles. The van der Waals surface area contributed by atoms with Gasteiger partial charge in [-0.2, -0.15) is 0 Å². The predicted octanol–water partition coefficient (Wildman–Crippen LogP) is 3.48. The molecule has 0 N–H and O–H groups in total. The maximum Gasteiger partial charge on any atom is 0.183 e. The molecular weight excluding hydrogens is 232 g/mol. The van der Waals surface area contributed by atoms with E-state index in [1.807, 2.05) is 30.8 Å². The van der Waals surface area contributed by atoms with E-state index in [1.54, 1.807) is 14.2 Å². The fraction of sp³-hybridized carbons (Fsp3) is 0.429. The summed E-state index contributed by atoms with van der Waals surface area (Å²) in [6.45, 7) is 1.87. The maximum atomic E-state index is 5.19. The zero-order valence-electron chi connectivity index (χ0n) is 10.5. The highest BCUT2D eigenvalue weighted by Crippen LogP contribution is 2.23. The van der Waals surface area contributed by atoms with Gasteiger partial charge in [-0.05, 0) is 19.1 Å². The lowest BCUT2D eigenvalue weighted by Gasteiger charge is -2.13. The molecule has 0 aromatic heterocycles. The highest BCUT2D eigenvalue weighted by Gasteiger charge is 2.07. The first-order valence-electron chi connectivity index (χ1n) is 5.49. The molecule has 3 heteroatoms. The van der Waals surface area contributed by atoms with Gasteiger partial charge < -0.3 is 9.47 Å². The molecule has 0 atom stereocenters. The molecule has 0 saturated carbocycles. The van der Waals surface area contributed by atoms with Crippen molar-refractivity contribution in [3.05, 3.63) is 29.8 Å². The summed E-state index contributed by atoms with van der Waals surface area (Å²) in [6, 6.07) is 8.24. The third-order valence-electron chi connectivity index (χ3n) is 2.25. The van der Waals surface area contributed by atoms with Crippen molar-refractivity contribution >= 4 is 11.8 Å². The Morgan fingerprint density at radius 1 is 1.18 bits per heavy atom. The molecule has 17 heavy (non-hydrogen) atoms. The van der Waals surface area contributed by atoms with Crippen molar-refractivity contribution in [3.8, 4) is 11.8 Å². The van der Waals surface area contributed by atoms with Gasteiger partial charge in [0.1, 0.15) is 0 Å². The van der Waals surface area contributed by atoms with Crippen LogP contribution in [0.15, 0.2) is 29.2 Å². The molecule has 0 saturated heterocycles. The Kier molecular flexibility index (Phi) is 6.80. The first-order valence-corrected chi connectivity index (χ1v) is 6.48. The number of benzene rings is 1. The average Bonchev–Trinajstić information content (AvgIpc) is 2.38. The van der Waals surface area contributed by atoms with Gasteiger partial charge in [0.2, 0.25) is 0 Å². The lowest BCUT2D eigenvalue weighted by molar-refractivity contribution is -0.106. The molecule has 0 radical (unpaired) electrons. The minimum atomic E-state index is -0.278. The van der Waals surface area contributed by atoms with Crippen molar-refractivity contribution in [1.82, 2.24) is 0 Å². The Bertz CT molecular complexity index is 371. The van der Waals surface area contributed by atoms with Crippen molar-refractivity contribution in [3.63, 3.8) is 0 Å². The lowest BCUT2D eigenvalue weighted by atomic mass is 10.2. The van der Waals surface area contributed by atoms with Gasteiger partial charge in [0.25, 0.3) is 0 Å². The quantitative estimate of drug-likeness (QED) is 0.333. The first kappa shape index (κ1) is 14.1. The number of hydrogen-bond donors (Lipinski definition) is 0. The van der Waals surface area contributed by atoms with E-state index in [2.05, 4.69) is 24.0 Å². The number of methoxy groups -OCH3 is 2. The number of ether oxygens (including phenoxy) is 2. The van der Waals surface area contributed by atoms with Gasteiger partial charge in [0, 0.05) is 36.9 Å². The van der Waals surface area contributed by atoms with Crippen LogP contribution in [0.2, 0.25) is 0 Å². The normalized spacial score (nSPS) is 10.1. The topological polar surface area (TPSA) is 18.5 Å². The van der Waals surface area contributed by atoms with E-state index in [0.29, 0.717) is 0 Å². The second kappa shape index (κ2) is 8.19. The van der Waals surface area contributed by atoms with E-state index < -0.39 is 0 Å². The summed E-state index contributed by atoms with van der Waals surface area (Å²) in [5.74, 6) is 6.98. The zero-order chi connectivity index (χ0) is 12.5. The van der Waals surface area contributed by atoms with Crippen LogP contribution in [0.3, 0.4) is 0 Å². The Morgan fingerprint density at radius 3 is 2.35 bits per heavy atom. The molecule has 0 bridgehead atoms. The summed E-state index contributed by atoms with van der Waals surface area (Å²) in [5.41, 5.74) is 1.03. The van der Waals surface area contributed by atoms with Gasteiger partial charge >= 0.3 is 0 Å². The molecular formula is C14H18O2S. The van der Waals surface area contributed by atoms with Gasteiger partial charge in [-0.15, -0.1) is 23.6 Å². The highest BCUT2D eigenvalue weighted by molar-refractivity contribution is 7.99. The molecule has 92 valence electrons. The van der Waals surface area contributed by atoms with Crippen LogP contribution in [0.4, 0.5) is 0 Å². The van der Waals surface area contributed by atoms with Gasteiger partial charge in [0.05, 0.1) is 0 Å². The van der Waals surface area contributed by atoms with Crippen LogP contribution >= 0.6 is 11.8 Å². The van der Waals surface area contributed by atoms with Crippen molar-refractivity contribution in [2.24, 2.45) is 0 Å². The molecule has 0 aliphatic carbocycles. The van der Waals surface area contributed by atoms with E-state index in [9.17, 15) is 0 Å². The van der Waals surface area contributed by atoms with Gasteiger partial charge in [-0.25, -0.2) is 0 Å². The van der Waals surface area contributed by atoms with E-state index in [1.165, 1.54) is 4.90 Å². The number of rotatable bonds is 6. The summed E-state index contributed by atoms with van der Waals surface area (Å²) < 4.78 is 10.4. The number of thioether (sulfide) groups is 1. The Morgan fingerprint density at radius 2 is 1.82 bits per heavy atom. The van der Waals surface area contributed by atoms with Gasteiger partial charge in [-0.1, -0.05) is 12.1 Å². The summed E-state index contributed by atoms with van der Waals surface area (Å²) in [7, 11) is 3.28. The monoisotopic (exact) mass is 250 g/mol. The summed E-state index contributed by atoms with van der Waals surface area (Å²) in [6.07, 6.45) is 0.654. The second-order valence-corrected chi connectivity index (χ2v) is 4.57. The average molecular weight is 250 g/mol. The summed E-state index contributed by atoms with van der Waals surface area (Å²) in [4.78, 5) is 1.25. The van der Waals surface area contributed by atoms with Crippen LogP contribution in [0.1, 0.15) is 25.2 Å². The van der Waals surface area contributed by atoms with E-state index >= 15 is 0 Å². The molecule has 1 aromatic carbocycles. The summed E-state index contributed by atoms with van der Waals surface area (Å²) >= 11 is 1.81. The van der Waals surface area contributed by atoms with Crippen LogP contribution in [-0.2, 0) is 9.47 Å². The molecule has 0 aliphatic rings. The van der Waals surface area contributed by atoms with E-state index in [4.69, 9.17) is 9.47 Å². The minimum Gasteiger partial charge on any atom is -0.352 e. The Hall–Kier alpha value is -0.950. The highest BCUT2D eigenvalue weighted by atomic mass is 32.2. The predicted molar refractivity (Wildman–Crippen MR) is 72.0 cm³/mol. The first-order chi connectivity index (χ1) is 8.31. The molecule has 1 aromatic rings. The standard InChI is InChI=1S/C14H18O2S/c1-4-5-6-11-17-13-9-7-12(8-10-13)14(15-2)16-3/h7-10,14H,6,11H2,1-3H3. The largest absolute Gasteiger partial charge is 0.352 e. The minimum absolute atomic E-state index is 0.278. The fourth-order valence-electron chi connectivity index (χ4n) is 1.43. The molecule has 0 fully saturated rings. The maximum absolute atomic E-state index is 5.19. The van der Waals surface area contributed by atoms with Crippen molar-refractivity contribution in [2.75, 3.05) is 20.0 Å². The number of hydrogen-bond acceptors (Lipinski definition) is 3. The fourth-order valence-corrected chi connectivity index (χ4v) is 2.20. The summed E-state index contributed by atoms with van der Waals surface area (Å²) in [5, 5.41) is 0. The Labute approximate surface area is 108 Å². The van der Waals surface area contributed by atoms with Crippen molar-refractivity contribution in [2.45, 2.75) is 24.5 Å². The van der Waals surface area contributed by atoms with Crippen LogP contribution < -0.4 is 0 Å². The van der Waals surface area contributed by atoms with Gasteiger partial charge in [-0.3, -0.25) is 0 Å². The van der Waals surface area contributed by atoms with E-state index in [0.717, 1.165) is 17.7 Å². The zero-order valence-corrected chi connectivity index (χ0v) is 11.3. The van der Waals surface area contributed by atoms with Crippen molar-refractivity contribution < 1.29 is 9.47 Å². The SMILES string of the molecule is CC#CCCSc1ccc(C(OC)OC)cc1. The molecule has 1 rings (SSSR count).